The number of fused-ring (bicyclic) bond motifs is 2. The first-order chi connectivity index (χ1) is 21.8. The molecule has 0 spiro atoms. The molecule has 4 aromatic rings. The molecule has 0 radical (unpaired) electrons. The summed E-state index contributed by atoms with van der Waals surface area (Å²) in [6.45, 7) is 12.8. The van der Waals surface area contributed by atoms with Crippen LogP contribution in [0.1, 0.15) is 92.5 Å². The molecular weight excluding hydrogens is 606 g/mol. The van der Waals surface area contributed by atoms with Crippen molar-refractivity contribution in [2.24, 2.45) is 0 Å². The van der Waals surface area contributed by atoms with Crippen LogP contribution in [0.5, 0.6) is 0 Å². The van der Waals surface area contributed by atoms with E-state index in [1.54, 1.807) is 0 Å². The Hall–Kier alpha value is -4.32. The van der Waals surface area contributed by atoms with E-state index in [2.05, 4.69) is 84.0 Å². The molecule has 47 heavy (non-hydrogen) atoms. The van der Waals surface area contributed by atoms with E-state index in [1.807, 2.05) is 6.08 Å². The van der Waals surface area contributed by atoms with E-state index in [1.165, 1.54) is 29.8 Å². The molecule has 4 aromatic carbocycles. The van der Waals surface area contributed by atoms with Crippen molar-refractivity contribution in [2.75, 3.05) is 0 Å². The Bertz CT molecular complexity index is 2100. The number of halogens is 6. The van der Waals surface area contributed by atoms with Gasteiger partial charge < -0.3 is 0 Å². The van der Waals surface area contributed by atoms with Crippen LogP contribution in [0.15, 0.2) is 91.0 Å². The lowest BCUT2D eigenvalue weighted by atomic mass is 9.78. The third-order valence-corrected chi connectivity index (χ3v) is 9.03. The Labute approximate surface area is 270 Å². The van der Waals surface area contributed by atoms with Crippen molar-refractivity contribution in [2.45, 2.75) is 71.1 Å². The van der Waals surface area contributed by atoms with E-state index in [0.717, 1.165) is 67.4 Å². The van der Waals surface area contributed by atoms with Gasteiger partial charge in [0.15, 0.2) is 0 Å². The van der Waals surface area contributed by atoms with Gasteiger partial charge in [-0.15, -0.1) is 0 Å². The number of rotatable bonds is 3. The lowest BCUT2D eigenvalue weighted by Crippen LogP contribution is -2.29. The molecule has 0 nitrogen and oxygen atoms in total. The van der Waals surface area contributed by atoms with Gasteiger partial charge in [0.2, 0.25) is 0 Å². The fraction of sp³-hybridized carbons (Fsp3) is 0.268. The van der Waals surface area contributed by atoms with Gasteiger partial charge in [-0.3, -0.25) is 0 Å². The molecule has 0 aromatic heterocycles. The molecular formula is C41H36F6. The van der Waals surface area contributed by atoms with Gasteiger partial charge in [0.05, 0.1) is 11.1 Å². The van der Waals surface area contributed by atoms with E-state index < -0.39 is 28.9 Å². The molecule has 0 saturated heterocycles. The fourth-order valence-corrected chi connectivity index (χ4v) is 6.53. The van der Waals surface area contributed by atoms with Crippen molar-refractivity contribution in [3.8, 4) is 0 Å². The molecule has 6 rings (SSSR count). The first-order valence-corrected chi connectivity index (χ1v) is 15.6. The lowest BCUT2D eigenvalue weighted by molar-refractivity contribution is -0.138. The summed E-state index contributed by atoms with van der Waals surface area (Å²) in [6, 6.07) is 18.5. The highest BCUT2D eigenvalue weighted by atomic mass is 19.4. The zero-order valence-electron chi connectivity index (χ0n) is 27.2. The highest BCUT2D eigenvalue weighted by Gasteiger charge is 2.32. The maximum Gasteiger partial charge on any atom is 0.416 e. The number of hydrogen-bond acceptors (Lipinski definition) is 0. The third-order valence-electron chi connectivity index (χ3n) is 9.03. The summed E-state index contributed by atoms with van der Waals surface area (Å²) < 4.78 is 82.0. The summed E-state index contributed by atoms with van der Waals surface area (Å²) in [5, 5.41) is 4.07. The Morgan fingerprint density at radius 2 is 1.13 bits per heavy atom. The number of alkyl halides is 6. The summed E-state index contributed by atoms with van der Waals surface area (Å²) in [7, 11) is 0. The van der Waals surface area contributed by atoms with E-state index >= 15 is 0 Å². The van der Waals surface area contributed by atoms with Gasteiger partial charge in [0.1, 0.15) is 0 Å². The summed E-state index contributed by atoms with van der Waals surface area (Å²) in [6.07, 6.45) is -0.142. The lowest BCUT2D eigenvalue weighted by Gasteiger charge is -2.26. The van der Waals surface area contributed by atoms with Crippen molar-refractivity contribution in [1.82, 2.24) is 0 Å². The van der Waals surface area contributed by atoms with Gasteiger partial charge in [-0.2, -0.15) is 26.3 Å². The number of hydrogen-bond donors (Lipinski definition) is 0. The van der Waals surface area contributed by atoms with Crippen molar-refractivity contribution in [3.63, 3.8) is 0 Å². The number of benzene rings is 4. The van der Waals surface area contributed by atoms with Crippen LogP contribution >= 0.6 is 0 Å². The van der Waals surface area contributed by atoms with E-state index in [9.17, 15) is 26.3 Å². The van der Waals surface area contributed by atoms with Gasteiger partial charge in [-0.05, 0) is 119 Å². The minimum atomic E-state index is -4.53. The first-order valence-electron chi connectivity index (χ1n) is 15.6. The average molecular weight is 643 g/mol. The average Bonchev–Trinajstić information content (AvgIpc) is 3.63. The fourth-order valence-electron chi connectivity index (χ4n) is 6.53. The monoisotopic (exact) mass is 642 g/mol. The maximum absolute atomic E-state index is 13.7. The predicted molar refractivity (Wildman–Crippen MR) is 177 cm³/mol. The highest BCUT2D eigenvalue weighted by molar-refractivity contribution is 5.88. The summed E-state index contributed by atoms with van der Waals surface area (Å²) in [5.74, 6) is 0. The topological polar surface area (TPSA) is 0 Å². The molecule has 0 atom stereocenters. The Morgan fingerprint density at radius 1 is 0.596 bits per heavy atom. The second kappa shape index (κ2) is 11.1. The standard InChI is InChI=1S/C41H36F6/c1-38(2,3)30-20-15-27-21-33-32(31(27)22-30)23-34(39(4,5)6)37(36(33)24-9-7-8-10-24)35(25-11-16-28(17-12-25)40(42,43)44)26-13-18-29(19-14-26)41(45,46)47/h7-9,11-23H,10H2,1-6H3. The van der Waals surface area contributed by atoms with Crippen LogP contribution in [-0.2, 0) is 23.2 Å². The summed E-state index contributed by atoms with van der Waals surface area (Å²) in [5.41, 5.74) is 4.60. The van der Waals surface area contributed by atoms with Crippen LogP contribution < -0.4 is 10.4 Å². The van der Waals surface area contributed by atoms with Gasteiger partial charge in [-0.1, -0.05) is 102 Å². The van der Waals surface area contributed by atoms with Crippen molar-refractivity contribution < 1.29 is 26.3 Å². The van der Waals surface area contributed by atoms with Crippen molar-refractivity contribution >= 4 is 17.2 Å². The molecule has 0 N–H and O–H groups in total. The Balaban J connectivity index is 1.84. The third kappa shape index (κ3) is 6.10. The van der Waals surface area contributed by atoms with E-state index in [4.69, 9.17) is 0 Å². The minimum Gasteiger partial charge on any atom is -0.166 e. The van der Waals surface area contributed by atoms with Crippen molar-refractivity contribution in [1.29, 1.82) is 0 Å². The van der Waals surface area contributed by atoms with Gasteiger partial charge in [0, 0.05) is 0 Å². The molecule has 2 aliphatic carbocycles. The molecule has 0 fully saturated rings. The van der Waals surface area contributed by atoms with Crippen LogP contribution in [-0.4, -0.2) is 0 Å². The van der Waals surface area contributed by atoms with Crippen LogP contribution in [0.4, 0.5) is 26.3 Å². The van der Waals surface area contributed by atoms with Gasteiger partial charge in [-0.25, -0.2) is 0 Å². The zero-order chi connectivity index (χ0) is 34.1. The normalized spacial score (nSPS) is 14.5. The SMILES string of the molecule is CC(C)(C)c1ccc2c(c1)=c1cc(C(C)(C)C)c(=C(c3ccc(C(F)(F)F)cc3)c3ccc(C(F)(F)F)cc3)c(C3=CC=CC3)c1C=2. The second-order valence-electron chi connectivity index (χ2n) is 14.4. The summed E-state index contributed by atoms with van der Waals surface area (Å²) in [4.78, 5) is 0. The molecule has 0 amide bonds. The molecule has 0 bridgehead atoms. The zero-order valence-corrected chi connectivity index (χ0v) is 27.2. The van der Waals surface area contributed by atoms with Crippen LogP contribution in [0.2, 0.25) is 0 Å². The quantitative estimate of drug-likeness (QED) is 0.172. The first kappa shape index (κ1) is 32.6. The Kier molecular flexibility index (Phi) is 7.73. The van der Waals surface area contributed by atoms with Crippen LogP contribution in [0.25, 0.3) is 17.2 Å². The van der Waals surface area contributed by atoms with Crippen LogP contribution in [0, 0.1) is 10.4 Å². The Morgan fingerprint density at radius 3 is 1.57 bits per heavy atom. The van der Waals surface area contributed by atoms with E-state index in [0.29, 0.717) is 23.1 Å². The summed E-state index contributed by atoms with van der Waals surface area (Å²) >= 11 is 0. The van der Waals surface area contributed by atoms with Crippen LogP contribution in [0.3, 0.4) is 0 Å². The molecule has 0 heterocycles. The molecule has 6 heteroatoms. The molecule has 0 saturated carbocycles. The molecule has 0 unspecified atom stereocenters. The molecule has 0 aliphatic heterocycles. The number of allylic oxidation sites excluding steroid dienone is 4. The van der Waals surface area contributed by atoms with Gasteiger partial charge in [0.25, 0.3) is 0 Å². The molecule has 2 aliphatic rings. The van der Waals surface area contributed by atoms with Crippen molar-refractivity contribution in [3.05, 3.63) is 156 Å². The largest absolute Gasteiger partial charge is 0.416 e. The van der Waals surface area contributed by atoms with Gasteiger partial charge >= 0.3 is 12.4 Å². The smallest absolute Gasteiger partial charge is 0.166 e. The predicted octanol–water partition coefficient (Wildman–Crippen LogP) is 10.3. The highest BCUT2D eigenvalue weighted by Crippen LogP contribution is 2.37. The minimum absolute atomic E-state index is 0.0720. The second-order valence-corrected chi connectivity index (χ2v) is 14.4. The van der Waals surface area contributed by atoms with E-state index in [-0.39, 0.29) is 5.41 Å². The molecule has 242 valence electrons. The maximum atomic E-state index is 13.7.